The molecule has 0 bridgehead atoms. The van der Waals surface area contributed by atoms with E-state index in [4.69, 9.17) is 9.63 Å². The number of rotatable bonds is 4. The average molecular weight is 252 g/mol. The smallest absolute Gasteiger partial charge is 0.352 e. The van der Waals surface area contributed by atoms with Gasteiger partial charge in [0.15, 0.2) is 5.82 Å². The van der Waals surface area contributed by atoms with Gasteiger partial charge >= 0.3 is 5.97 Å². The number of aromatic carboxylic acids is 1. The molecule has 0 aliphatic heterocycles. The van der Waals surface area contributed by atoms with E-state index in [2.05, 4.69) is 10.1 Å². The van der Waals surface area contributed by atoms with E-state index < -0.39 is 10.9 Å². The van der Waals surface area contributed by atoms with Gasteiger partial charge in [-0.05, 0) is 6.92 Å². The highest BCUT2D eigenvalue weighted by atomic mass is 16.6. The number of nitro groups is 1. The molecule has 0 aliphatic rings. The van der Waals surface area contributed by atoms with Crippen LogP contribution in [0.1, 0.15) is 22.2 Å². The van der Waals surface area contributed by atoms with Gasteiger partial charge < -0.3 is 14.2 Å². The van der Waals surface area contributed by atoms with Gasteiger partial charge in [0.1, 0.15) is 12.2 Å². The topological polar surface area (TPSA) is 124 Å². The second kappa shape index (κ2) is 4.28. The predicted molar refractivity (Wildman–Crippen MR) is 56.2 cm³/mol. The number of carboxylic acid groups (broad SMARTS) is 1. The summed E-state index contributed by atoms with van der Waals surface area (Å²) in [5.41, 5.74) is -0.513. The molecule has 0 saturated heterocycles. The average Bonchev–Trinajstić information content (AvgIpc) is 2.85. The van der Waals surface area contributed by atoms with Crippen molar-refractivity contribution in [3.63, 3.8) is 0 Å². The van der Waals surface area contributed by atoms with Gasteiger partial charge in [-0.2, -0.15) is 4.98 Å². The molecule has 0 radical (unpaired) electrons. The molecule has 9 heteroatoms. The van der Waals surface area contributed by atoms with Crippen molar-refractivity contribution < 1.29 is 19.3 Å². The van der Waals surface area contributed by atoms with E-state index in [1.807, 2.05) is 0 Å². The Morgan fingerprint density at radius 1 is 1.67 bits per heavy atom. The number of hydrogen-bond donors (Lipinski definition) is 1. The summed E-state index contributed by atoms with van der Waals surface area (Å²) >= 11 is 0. The first kappa shape index (κ1) is 11.8. The molecule has 0 aromatic carbocycles. The first-order valence-electron chi connectivity index (χ1n) is 4.84. The Morgan fingerprint density at radius 3 is 2.89 bits per heavy atom. The molecule has 9 nitrogen and oxygen atoms in total. The first-order chi connectivity index (χ1) is 8.47. The molecule has 2 aromatic rings. The van der Waals surface area contributed by atoms with Crippen molar-refractivity contribution in [2.45, 2.75) is 13.5 Å². The van der Waals surface area contributed by atoms with Crippen LogP contribution in [0.15, 0.2) is 16.8 Å². The fourth-order valence-electron chi connectivity index (χ4n) is 1.45. The lowest BCUT2D eigenvalue weighted by molar-refractivity contribution is -0.384. The highest BCUT2D eigenvalue weighted by Gasteiger charge is 2.20. The third-order valence-corrected chi connectivity index (χ3v) is 2.19. The van der Waals surface area contributed by atoms with Gasteiger partial charge in [-0.15, -0.1) is 0 Å². The van der Waals surface area contributed by atoms with Gasteiger partial charge in [-0.1, -0.05) is 5.16 Å². The standard InChI is InChI=1S/C9H8N4O5/c1-5-10-8(18-11-5)4-12-3-6(13(16)17)2-7(12)9(14)15/h2-3H,4H2,1H3,(H,14,15). The summed E-state index contributed by atoms with van der Waals surface area (Å²) in [6.07, 6.45) is 1.11. The van der Waals surface area contributed by atoms with Gasteiger partial charge in [-0.3, -0.25) is 10.1 Å². The van der Waals surface area contributed by atoms with E-state index >= 15 is 0 Å². The van der Waals surface area contributed by atoms with Crippen molar-refractivity contribution in [2.24, 2.45) is 0 Å². The molecule has 2 aromatic heterocycles. The number of carboxylic acids is 1. The van der Waals surface area contributed by atoms with Crippen LogP contribution in [-0.4, -0.2) is 30.7 Å². The summed E-state index contributed by atoms with van der Waals surface area (Å²) in [6, 6.07) is 0.978. The maximum absolute atomic E-state index is 10.9. The van der Waals surface area contributed by atoms with Crippen LogP contribution in [0.5, 0.6) is 0 Å². The Kier molecular flexibility index (Phi) is 2.80. The van der Waals surface area contributed by atoms with Crippen molar-refractivity contribution >= 4 is 11.7 Å². The molecule has 18 heavy (non-hydrogen) atoms. The minimum atomic E-state index is -1.26. The highest BCUT2D eigenvalue weighted by molar-refractivity contribution is 5.86. The van der Waals surface area contributed by atoms with Crippen molar-refractivity contribution in [2.75, 3.05) is 0 Å². The second-order valence-electron chi connectivity index (χ2n) is 3.51. The van der Waals surface area contributed by atoms with E-state index in [0.29, 0.717) is 5.82 Å². The molecule has 1 N–H and O–H groups in total. The zero-order chi connectivity index (χ0) is 13.3. The third-order valence-electron chi connectivity index (χ3n) is 2.19. The van der Waals surface area contributed by atoms with Crippen LogP contribution in [0, 0.1) is 17.0 Å². The summed E-state index contributed by atoms with van der Waals surface area (Å²) in [6.45, 7) is 1.58. The van der Waals surface area contributed by atoms with Gasteiger partial charge in [0.25, 0.3) is 5.69 Å². The summed E-state index contributed by atoms with van der Waals surface area (Å²) < 4.78 is 6.00. The van der Waals surface area contributed by atoms with Crippen molar-refractivity contribution in [1.29, 1.82) is 0 Å². The Hall–Kier alpha value is -2.71. The predicted octanol–water partition coefficient (Wildman–Crippen LogP) is 0.834. The molecule has 0 atom stereocenters. The lowest BCUT2D eigenvalue weighted by Crippen LogP contribution is -2.08. The lowest BCUT2D eigenvalue weighted by atomic mass is 10.4. The summed E-state index contributed by atoms with van der Waals surface area (Å²) in [5.74, 6) is -0.677. The Morgan fingerprint density at radius 2 is 2.39 bits per heavy atom. The van der Waals surface area contributed by atoms with Gasteiger partial charge in [0, 0.05) is 6.07 Å². The summed E-state index contributed by atoms with van der Waals surface area (Å²) in [5, 5.41) is 23.1. The molecule has 2 rings (SSSR count). The zero-order valence-electron chi connectivity index (χ0n) is 9.23. The zero-order valence-corrected chi connectivity index (χ0v) is 9.23. The molecule has 0 saturated carbocycles. The van der Waals surface area contributed by atoms with Gasteiger partial charge in [0.05, 0.1) is 11.1 Å². The molecular weight excluding hydrogens is 244 g/mol. The molecule has 0 spiro atoms. The SMILES string of the molecule is Cc1noc(Cn2cc([N+](=O)[O-])cc2C(=O)O)n1. The number of carbonyl (C=O) groups is 1. The van der Waals surface area contributed by atoms with Crippen LogP contribution in [0.4, 0.5) is 5.69 Å². The third kappa shape index (κ3) is 2.19. The maximum atomic E-state index is 10.9. The van der Waals surface area contributed by atoms with Gasteiger partial charge in [0.2, 0.25) is 5.89 Å². The Balaban J connectivity index is 2.36. The van der Waals surface area contributed by atoms with Crippen LogP contribution in [0.3, 0.4) is 0 Å². The van der Waals surface area contributed by atoms with E-state index in [-0.39, 0.29) is 23.8 Å². The second-order valence-corrected chi connectivity index (χ2v) is 3.51. The Bertz CT molecular complexity index is 614. The van der Waals surface area contributed by atoms with Crippen LogP contribution < -0.4 is 0 Å². The van der Waals surface area contributed by atoms with Crippen molar-refractivity contribution in [3.05, 3.63) is 39.8 Å². The van der Waals surface area contributed by atoms with E-state index in [9.17, 15) is 14.9 Å². The van der Waals surface area contributed by atoms with Crippen LogP contribution in [0.25, 0.3) is 0 Å². The van der Waals surface area contributed by atoms with E-state index in [1.165, 1.54) is 4.57 Å². The maximum Gasteiger partial charge on any atom is 0.352 e. The fraction of sp³-hybridized carbons (Fsp3) is 0.222. The van der Waals surface area contributed by atoms with Gasteiger partial charge in [-0.25, -0.2) is 4.79 Å². The quantitative estimate of drug-likeness (QED) is 0.631. The molecule has 94 valence electrons. The van der Waals surface area contributed by atoms with Crippen LogP contribution >= 0.6 is 0 Å². The van der Waals surface area contributed by atoms with Crippen LogP contribution in [-0.2, 0) is 6.54 Å². The highest BCUT2D eigenvalue weighted by Crippen LogP contribution is 2.17. The minimum absolute atomic E-state index is 0.0314. The van der Waals surface area contributed by atoms with Crippen molar-refractivity contribution in [1.82, 2.24) is 14.7 Å². The molecule has 2 heterocycles. The number of hydrogen-bond acceptors (Lipinski definition) is 6. The fourth-order valence-corrected chi connectivity index (χ4v) is 1.45. The normalized spacial score (nSPS) is 10.5. The number of nitrogens with zero attached hydrogens (tertiary/aromatic N) is 4. The molecule has 0 amide bonds. The largest absolute Gasteiger partial charge is 0.477 e. The molecule has 0 fully saturated rings. The first-order valence-corrected chi connectivity index (χ1v) is 4.84. The minimum Gasteiger partial charge on any atom is -0.477 e. The summed E-state index contributed by atoms with van der Waals surface area (Å²) in [4.78, 5) is 24.8. The van der Waals surface area contributed by atoms with E-state index in [0.717, 1.165) is 12.3 Å². The lowest BCUT2D eigenvalue weighted by Gasteiger charge is -2.00. The summed E-state index contributed by atoms with van der Waals surface area (Å²) in [7, 11) is 0. The Labute approximate surface area is 99.8 Å². The number of aromatic nitrogens is 3. The van der Waals surface area contributed by atoms with Crippen molar-refractivity contribution in [3.8, 4) is 0 Å². The number of aryl methyl sites for hydroxylation is 1. The monoisotopic (exact) mass is 252 g/mol. The molecular formula is C9H8N4O5. The molecule has 0 aliphatic carbocycles. The van der Waals surface area contributed by atoms with Crippen LogP contribution in [0.2, 0.25) is 0 Å². The van der Waals surface area contributed by atoms with E-state index in [1.54, 1.807) is 6.92 Å². The molecule has 0 unspecified atom stereocenters.